The fraction of sp³-hybridized carbons (Fsp3) is 0.643. The first-order valence-electron chi connectivity index (χ1n) is 6.42. The van der Waals surface area contributed by atoms with Crippen molar-refractivity contribution in [2.75, 3.05) is 0 Å². The van der Waals surface area contributed by atoms with Crippen LogP contribution in [-0.4, -0.2) is 4.98 Å². The van der Waals surface area contributed by atoms with Crippen LogP contribution >= 0.6 is 0 Å². The van der Waals surface area contributed by atoms with Crippen LogP contribution in [0.5, 0.6) is 0 Å². The fourth-order valence-electron chi connectivity index (χ4n) is 2.18. The first kappa shape index (κ1) is 13.2. The minimum absolute atomic E-state index is 0.0982. The van der Waals surface area contributed by atoms with Crippen molar-refractivity contribution >= 4 is 0 Å². The lowest BCUT2D eigenvalue weighted by Gasteiger charge is -2.19. The molecule has 0 fully saturated rings. The topological polar surface area (TPSA) is 38.9 Å². The minimum atomic E-state index is 0.0982. The molecule has 2 nitrogen and oxygen atoms in total. The van der Waals surface area contributed by atoms with Crippen molar-refractivity contribution in [3.63, 3.8) is 0 Å². The lowest BCUT2D eigenvalue weighted by atomic mass is 9.92. The maximum Gasteiger partial charge on any atom is 0.0602 e. The summed E-state index contributed by atoms with van der Waals surface area (Å²) in [5.41, 5.74) is 8.65. The molecule has 0 aliphatic carbocycles. The number of nitrogens with zero attached hydrogens (tertiary/aromatic N) is 1. The van der Waals surface area contributed by atoms with Crippen LogP contribution in [0.15, 0.2) is 18.3 Å². The molecule has 1 rings (SSSR count). The first-order chi connectivity index (χ1) is 7.72. The summed E-state index contributed by atoms with van der Waals surface area (Å²) in [6.07, 6.45) is 6.33. The van der Waals surface area contributed by atoms with Gasteiger partial charge in [-0.05, 0) is 30.4 Å². The number of rotatable bonds is 6. The largest absolute Gasteiger partial charge is 0.323 e. The maximum absolute atomic E-state index is 6.26. The van der Waals surface area contributed by atoms with Crippen LogP contribution in [0.25, 0.3) is 0 Å². The van der Waals surface area contributed by atoms with E-state index in [1.165, 1.54) is 18.4 Å². The van der Waals surface area contributed by atoms with E-state index in [1.54, 1.807) is 0 Å². The van der Waals surface area contributed by atoms with E-state index in [2.05, 4.69) is 31.8 Å². The van der Waals surface area contributed by atoms with E-state index < -0.39 is 0 Å². The third kappa shape index (κ3) is 3.31. The molecule has 1 unspecified atom stereocenters. The number of pyridine rings is 1. The summed E-state index contributed by atoms with van der Waals surface area (Å²) in [6.45, 7) is 6.63. The molecule has 1 heterocycles. The van der Waals surface area contributed by atoms with E-state index in [9.17, 15) is 0 Å². The van der Waals surface area contributed by atoms with Crippen molar-refractivity contribution in [3.8, 4) is 0 Å². The normalized spacial score (nSPS) is 13.1. The highest BCUT2D eigenvalue weighted by atomic mass is 14.8. The van der Waals surface area contributed by atoms with Crippen LogP contribution in [0.1, 0.15) is 57.3 Å². The third-order valence-corrected chi connectivity index (χ3v) is 3.40. The molecular weight excluding hydrogens is 196 g/mol. The average Bonchev–Trinajstić information content (AvgIpc) is 2.35. The number of aromatic nitrogens is 1. The Kier molecular flexibility index (Phi) is 5.47. The highest BCUT2D eigenvalue weighted by molar-refractivity contribution is 5.22. The Morgan fingerprint density at radius 1 is 1.25 bits per heavy atom. The van der Waals surface area contributed by atoms with Gasteiger partial charge in [-0.3, -0.25) is 4.98 Å². The van der Waals surface area contributed by atoms with Gasteiger partial charge in [0.1, 0.15) is 0 Å². The molecule has 0 spiro atoms. The molecule has 0 bridgehead atoms. The number of hydrogen-bond acceptors (Lipinski definition) is 2. The summed E-state index contributed by atoms with van der Waals surface area (Å²) < 4.78 is 0. The second-order valence-electron chi connectivity index (χ2n) is 4.43. The van der Waals surface area contributed by atoms with Gasteiger partial charge < -0.3 is 5.73 Å². The first-order valence-corrected chi connectivity index (χ1v) is 6.42. The molecule has 2 heteroatoms. The van der Waals surface area contributed by atoms with Crippen LogP contribution < -0.4 is 5.73 Å². The van der Waals surface area contributed by atoms with E-state index in [-0.39, 0.29) is 6.04 Å². The van der Waals surface area contributed by atoms with Crippen molar-refractivity contribution in [1.82, 2.24) is 4.98 Å². The van der Waals surface area contributed by atoms with Crippen molar-refractivity contribution < 1.29 is 0 Å². The second kappa shape index (κ2) is 6.64. The van der Waals surface area contributed by atoms with E-state index >= 15 is 0 Å². The molecule has 0 saturated carbocycles. The number of aryl methyl sites for hydroxylation is 1. The van der Waals surface area contributed by atoms with Crippen LogP contribution in [0.3, 0.4) is 0 Å². The fourth-order valence-corrected chi connectivity index (χ4v) is 2.18. The average molecular weight is 220 g/mol. The lowest BCUT2D eigenvalue weighted by molar-refractivity contribution is 0.409. The molecule has 0 radical (unpaired) electrons. The van der Waals surface area contributed by atoms with Crippen LogP contribution in [0.2, 0.25) is 0 Å². The summed E-state index contributed by atoms with van der Waals surface area (Å²) in [4.78, 5) is 4.45. The summed E-state index contributed by atoms with van der Waals surface area (Å²) in [5, 5.41) is 0. The van der Waals surface area contributed by atoms with Gasteiger partial charge in [0.15, 0.2) is 0 Å². The van der Waals surface area contributed by atoms with Crippen molar-refractivity contribution in [2.45, 2.75) is 52.5 Å². The second-order valence-corrected chi connectivity index (χ2v) is 4.43. The van der Waals surface area contributed by atoms with Gasteiger partial charge in [0.2, 0.25) is 0 Å². The lowest BCUT2D eigenvalue weighted by Crippen LogP contribution is -2.18. The van der Waals surface area contributed by atoms with Gasteiger partial charge in [-0.15, -0.1) is 0 Å². The Morgan fingerprint density at radius 2 is 1.94 bits per heavy atom. The van der Waals surface area contributed by atoms with Gasteiger partial charge in [0.25, 0.3) is 0 Å². The molecule has 0 amide bonds. The quantitative estimate of drug-likeness (QED) is 0.797. The summed E-state index contributed by atoms with van der Waals surface area (Å²) in [5.74, 6) is 0.724. The molecule has 1 aromatic heterocycles. The van der Waals surface area contributed by atoms with Crippen molar-refractivity contribution in [2.24, 2.45) is 11.7 Å². The summed E-state index contributed by atoms with van der Waals surface area (Å²) in [7, 11) is 0. The molecule has 1 atom stereocenters. The smallest absolute Gasteiger partial charge is 0.0602 e. The van der Waals surface area contributed by atoms with E-state index in [0.717, 1.165) is 24.5 Å². The molecule has 1 aromatic rings. The maximum atomic E-state index is 6.26. The van der Waals surface area contributed by atoms with E-state index in [1.807, 2.05) is 12.3 Å². The molecule has 0 saturated heterocycles. The molecule has 90 valence electrons. The Labute approximate surface area is 99.3 Å². The highest BCUT2D eigenvalue weighted by Gasteiger charge is 2.15. The molecule has 16 heavy (non-hydrogen) atoms. The Morgan fingerprint density at radius 3 is 2.50 bits per heavy atom. The van der Waals surface area contributed by atoms with Crippen LogP contribution in [-0.2, 0) is 6.42 Å². The van der Waals surface area contributed by atoms with E-state index in [0.29, 0.717) is 0 Å². The van der Waals surface area contributed by atoms with Crippen molar-refractivity contribution in [1.29, 1.82) is 0 Å². The SMILES string of the molecule is CCc1cccnc1C(N)CC(CC)CC. The number of hydrogen-bond donors (Lipinski definition) is 1. The van der Waals surface area contributed by atoms with Gasteiger partial charge in [-0.1, -0.05) is 39.7 Å². The van der Waals surface area contributed by atoms with Crippen molar-refractivity contribution in [3.05, 3.63) is 29.6 Å². The zero-order valence-corrected chi connectivity index (χ0v) is 10.7. The molecule has 0 aliphatic heterocycles. The van der Waals surface area contributed by atoms with Gasteiger partial charge in [-0.2, -0.15) is 0 Å². The molecular formula is C14H24N2. The standard InChI is InChI=1S/C14H24N2/c1-4-11(5-2)10-13(15)14-12(6-3)8-7-9-16-14/h7-9,11,13H,4-6,10,15H2,1-3H3. The Hall–Kier alpha value is -0.890. The van der Waals surface area contributed by atoms with Gasteiger partial charge in [-0.25, -0.2) is 0 Å². The molecule has 0 aliphatic rings. The Bertz CT molecular complexity index is 305. The summed E-state index contributed by atoms with van der Waals surface area (Å²) >= 11 is 0. The van der Waals surface area contributed by atoms with Gasteiger partial charge in [0.05, 0.1) is 5.69 Å². The zero-order chi connectivity index (χ0) is 12.0. The minimum Gasteiger partial charge on any atom is -0.323 e. The van der Waals surface area contributed by atoms with Crippen LogP contribution in [0.4, 0.5) is 0 Å². The molecule has 2 N–H and O–H groups in total. The summed E-state index contributed by atoms with van der Waals surface area (Å²) in [6, 6.07) is 4.22. The monoisotopic (exact) mass is 220 g/mol. The Balaban J connectivity index is 2.75. The molecule has 0 aromatic carbocycles. The van der Waals surface area contributed by atoms with E-state index in [4.69, 9.17) is 5.73 Å². The predicted octanol–water partition coefficient (Wildman–Crippen LogP) is 3.47. The number of nitrogens with two attached hydrogens (primary N) is 1. The van der Waals surface area contributed by atoms with Gasteiger partial charge in [0, 0.05) is 12.2 Å². The van der Waals surface area contributed by atoms with Gasteiger partial charge >= 0.3 is 0 Å². The predicted molar refractivity (Wildman–Crippen MR) is 69.2 cm³/mol. The zero-order valence-electron chi connectivity index (χ0n) is 10.7. The third-order valence-electron chi connectivity index (χ3n) is 3.40. The highest BCUT2D eigenvalue weighted by Crippen LogP contribution is 2.24. The van der Waals surface area contributed by atoms with Crippen LogP contribution in [0, 0.1) is 5.92 Å².